The van der Waals surface area contributed by atoms with E-state index in [4.69, 9.17) is 0 Å². The van der Waals surface area contributed by atoms with Gasteiger partial charge < -0.3 is 16.0 Å². The number of rotatable bonds is 4. The predicted molar refractivity (Wildman–Crippen MR) is 84.2 cm³/mol. The van der Waals surface area contributed by atoms with Crippen molar-refractivity contribution in [2.24, 2.45) is 0 Å². The average Bonchev–Trinajstić information content (AvgIpc) is 3.02. The Kier molecular flexibility index (Phi) is 4.45. The third-order valence-electron chi connectivity index (χ3n) is 3.30. The van der Waals surface area contributed by atoms with E-state index in [2.05, 4.69) is 20.9 Å². The third-order valence-corrected chi connectivity index (χ3v) is 4.41. The van der Waals surface area contributed by atoms with Crippen molar-refractivity contribution in [2.75, 3.05) is 13.1 Å². The Labute approximate surface area is 132 Å². The van der Waals surface area contributed by atoms with Crippen molar-refractivity contribution in [2.45, 2.75) is 12.6 Å². The minimum Gasteiger partial charge on any atom is -0.349 e. The number of carbonyl (C=O) groups excluding carboxylic acids is 2. The highest BCUT2D eigenvalue weighted by Crippen LogP contribution is 2.26. The summed E-state index contributed by atoms with van der Waals surface area (Å²) in [5.41, 5.74) is 0.925. The molecule has 0 aromatic carbocycles. The van der Waals surface area contributed by atoms with Gasteiger partial charge in [0, 0.05) is 17.6 Å². The zero-order valence-corrected chi connectivity index (χ0v) is 12.7. The molecule has 114 valence electrons. The number of aromatic nitrogens is 1. The summed E-state index contributed by atoms with van der Waals surface area (Å²) in [6, 6.07) is 9.26. The lowest BCUT2D eigenvalue weighted by atomic mass is 10.2. The summed E-state index contributed by atoms with van der Waals surface area (Å²) in [7, 11) is 0. The van der Waals surface area contributed by atoms with Gasteiger partial charge in [-0.3, -0.25) is 14.6 Å². The molecule has 1 saturated heterocycles. The number of pyridine rings is 1. The molecule has 1 aliphatic heterocycles. The van der Waals surface area contributed by atoms with Gasteiger partial charge in [0.1, 0.15) is 6.04 Å². The highest BCUT2D eigenvalue weighted by atomic mass is 32.1. The highest BCUT2D eigenvalue weighted by Gasteiger charge is 2.23. The second-order valence-electron chi connectivity index (χ2n) is 4.95. The summed E-state index contributed by atoms with van der Waals surface area (Å²) in [4.78, 5) is 29.7. The van der Waals surface area contributed by atoms with Gasteiger partial charge in [0.15, 0.2) is 0 Å². The summed E-state index contributed by atoms with van der Waals surface area (Å²) in [6.07, 6.45) is 1.76. The largest absolute Gasteiger partial charge is 0.349 e. The maximum Gasteiger partial charge on any atom is 0.244 e. The molecule has 6 nitrogen and oxygen atoms in total. The summed E-state index contributed by atoms with van der Waals surface area (Å²) in [5, 5.41) is 8.42. The lowest BCUT2D eigenvalue weighted by molar-refractivity contribution is -0.130. The van der Waals surface area contributed by atoms with Crippen molar-refractivity contribution in [1.29, 1.82) is 0 Å². The van der Waals surface area contributed by atoms with Crippen LogP contribution in [0.3, 0.4) is 0 Å². The molecule has 3 rings (SSSR count). The number of hydrogen-bond acceptors (Lipinski definition) is 5. The van der Waals surface area contributed by atoms with Crippen molar-refractivity contribution >= 4 is 23.2 Å². The fraction of sp³-hybridized carbons (Fsp3) is 0.267. The van der Waals surface area contributed by atoms with Crippen LogP contribution in [-0.2, 0) is 16.1 Å². The second-order valence-corrected chi connectivity index (χ2v) is 6.12. The molecule has 22 heavy (non-hydrogen) atoms. The lowest BCUT2D eigenvalue weighted by Gasteiger charge is -2.23. The summed E-state index contributed by atoms with van der Waals surface area (Å²) in [5.74, 6) is -0.326. The van der Waals surface area contributed by atoms with Crippen LogP contribution >= 0.6 is 11.3 Å². The Morgan fingerprint density at radius 3 is 3.05 bits per heavy atom. The van der Waals surface area contributed by atoms with Crippen molar-refractivity contribution in [3.8, 4) is 10.6 Å². The summed E-state index contributed by atoms with van der Waals surface area (Å²) >= 11 is 1.59. The first-order valence-corrected chi connectivity index (χ1v) is 7.82. The number of carbonyl (C=O) groups is 2. The SMILES string of the molecule is O=C1CNCC(C(=O)NCc2ccc(-c3ccccn3)s2)N1. The minimum atomic E-state index is -0.503. The van der Waals surface area contributed by atoms with Crippen molar-refractivity contribution in [3.05, 3.63) is 41.4 Å². The Morgan fingerprint density at radius 2 is 2.27 bits per heavy atom. The van der Waals surface area contributed by atoms with E-state index in [-0.39, 0.29) is 18.4 Å². The lowest BCUT2D eigenvalue weighted by Crippen LogP contribution is -2.58. The topological polar surface area (TPSA) is 83.1 Å². The first kappa shape index (κ1) is 14.7. The van der Waals surface area contributed by atoms with Gasteiger partial charge in [0.05, 0.1) is 23.7 Å². The number of nitrogens with one attached hydrogen (secondary N) is 3. The van der Waals surface area contributed by atoms with Crippen LogP contribution in [0, 0.1) is 0 Å². The molecule has 0 saturated carbocycles. The van der Waals surface area contributed by atoms with E-state index >= 15 is 0 Å². The summed E-state index contributed by atoms with van der Waals surface area (Å²) in [6.45, 7) is 1.17. The van der Waals surface area contributed by atoms with Crippen LogP contribution in [-0.4, -0.2) is 35.9 Å². The van der Waals surface area contributed by atoms with Crippen molar-refractivity contribution in [3.63, 3.8) is 0 Å². The molecule has 3 heterocycles. The minimum absolute atomic E-state index is 0.153. The highest BCUT2D eigenvalue weighted by molar-refractivity contribution is 7.15. The Balaban J connectivity index is 1.57. The first-order valence-electron chi connectivity index (χ1n) is 7.00. The van der Waals surface area contributed by atoms with Crippen LogP contribution in [0.4, 0.5) is 0 Å². The van der Waals surface area contributed by atoms with Gasteiger partial charge in [-0.15, -0.1) is 11.3 Å². The predicted octanol–water partition coefficient (Wildman–Crippen LogP) is 0.514. The molecule has 2 amide bonds. The Bertz CT molecular complexity index is 671. The fourth-order valence-electron chi connectivity index (χ4n) is 2.20. The van der Waals surface area contributed by atoms with Gasteiger partial charge >= 0.3 is 0 Å². The van der Waals surface area contributed by atoms with E-state index in [9.17, 15) is 9.59 Å². The van der Waals surface area contributed by atoms with Gasteiger partial charge in [-0.05, 0) is 24.3 Å². The van der Waals surface area contributed by atoms with Crippen LogP contribution in [0.15, 0.2) is 36.5 Å². The zero-order valence-electron chi connectivity index (χ0n) is 11.8. The standard InChI is InChI=1S/C15H16N4O2S/c20-14-9-16-8-12(19-14)15(21)18-7-10-4-5-13(22-10)11-3-1-2-6-17-11/h1-6,12,16H,7-9H2,(H,18,21)(H,19,20). The fourth-order valence-corrected chi connectivity index (χ4v) is 3.13. The van der Waals surface area contributed by atoms with Crippen molar-refractivity contribution in [1.82, 2.24) is 20.9 Å². The maximum absolute atomic E-state index is 12.0. The molecule has 2 aromatic rings. The van der Waals surface area contributed by atoms with E-state index in [1.54, 1.807) is 17.5 Å². The monoisotopic (exact) mass is 316 g/mol. The molecule has 0 bridgehead atoms. The molecule has 3 N–H and O–H groups in total. The molecule has 0 radical (unpaired) electrons. The molecule has 1 aliphatic rings. The van der Waals surface area contributed by atoms with Crippen LogP contribution < -0.4 is 16.0 Å². The molecular weight excluding hydrogens is 300 g/mol. The van der Waals surface area contributed by atoms with Crippen LogP contribution in [0.25, 0.3) is 10.6 Å². The van der Waals surface area contributed by atoms with Crippen molar-refractivity contribution < 1.29 is 9.59 Å². The van der Waals surface area contributed by atoms with Gasteiger partial charge in [-0.1, -0.05) is 6.07 Å². The average molecular weight is 316 g/mol. The Hall–Kier alpha value is -2.25. The van der Waals surface area contributed by atoms with E-state index in [0.29, 0.717) is 13.1 Å². The first-order chi connectivity index (χ1) is 10.7. The molecular formula is C15H16N4O2S. The van der Waals surface area contributed by atoms with Gasteiger partial charge in [0.2, 0.25) is 11.8 Å². The van der Waals surface area contributed by atoms with Crippen LogP contribution in [0.1, 0.15) is 4.88 Å². The normalized spacial score (nSPS) is 17.8. The molecule has 0 spiro atoms. The van der Waals surface area contributed by atoms with E-state index < -0.39 is 6.04 Å². The quantitative estimate of drug-likeness (QED) is 0.768. The smallest absolute Gasteiger partial charge is 0.244 e. The molecule has 1 unspecified atom stereocenters. The second kappa shape index (κ2) is 6.67. The zero-order chi connectivity index (χ0) is 15.4. The number of thiophene rings is 1. The number of hydrogen-bond donors (Lipinski definition) is 3. The molecule has 2 aromatic heterocycles. The van der Waals surface area contributed by atoms with E-state index in [1.165, 1.54) is 0 Å². The number of piperazine rings is 1. The molecule has 1 atom stereocenters. The van der Waals surface area contributed by atoms with Gasteiger partial charge in [0.25, 0.3) is 0 Å². The number of amides is 2. The molecule has 0 aliphatic carbocycles. The van der Waals surface area contributed by atoms with E-state index in [1.807, 2.05) is 30.3 Å². The maximum atomic E-state index is 12.0. The van der Waals surface area contributed by atoms with Gasteiger partial charge in [-0.2, -0.15) is 0 Å². The summed E-state index contributed by atoms with van der Waals surface area (Å²) < 4.78 is 0. The van der Waals surface area contributed by atoms with Gasteiger partial charge in [-0.25, -0.2) is 0 Å². The molecule has 7 heteroatoms. The molecule has 1 fully saturated rings. The third kappa shape index (κ3) is 3.49. The van der Waals surface area contributed by atoms with Crippen LogP contribution in [0.2, 0.25) is 0 Å². The van der Waals surface area contributed by atoms with Crippen LogP contribution in [0.5, 0.6) is 0 Å². The van der Waals surface area contributed by atoms with E-state index in [0.717, 1.165) is 15.4 Å². The Morgan fingerprint density at radius 1 is 1.36 bits per heavy atom. The number of nitrogens with zero attached hydrogens (tertiary/aromatic N) is 1.